The molecular formula is C18H26N2. The SMILES string of the molecule is CCCCCC(NCCC)c1nccc2ccccc12. The standard InChI is InChI=1S/C18H26N2/c1-3-5-6-11-17(19-13-4-2)18-16-10-8-7-9-15(16)12-14-20-18/h7-10,12,14,17,19H,3-6,11,13H2,1-2H3. The lowest BCUT2D eigenvalue weighted by Crippen LogP contribution is -2.23. The summed E-state index contributed by atoms with van der Waals surface area (Å²) in [6.45, 7) is 5.53. The zero-order chi connectivity index (χ0) is 14.2. The number of pyridine rings is 1. The summed E-state index contributed by atoms with van der Waals surface area (Å²) in [5.74, 6) is 0. The largest absolute Gasteiger partial charge is 0.309 e. The van der Waals surface area contributed by atoms with Crippen LogP contribution in [0, 0.1) is 0 Å². The molecule has 0 saturated heterocycles. The Hall–Kier alpha value is -1.41. The first-order chi connectivity index (χ1) is 9.86. The molecule has 1 aromatic carbocycles. The first-order valence-corrected chi connectivity index (χ1v) is 7.93. The maximum atomic E-state index is 4.68. The molecule has 0 radical (unpaired) electrons. The van der Waals surface area contributed by atoms with Crippen LogP contribution in [0.1, 0.15) is 57.7 Å². The number of hydrogen-bond acceptors (Lipinski definition) is 2. The summed E-state index contributed by atoms with van der Waals surface area (Å²) in [7, 11) is 0. The van der Waals surface area contributed by atoms with Gasteiger partial charge in [0.25, 0.3) is 0 Å². The lowest BCUT2D eigenvalue weighted by molar-refractivity contribution is 0.468. The predicted octanol–water partition coefficient (Wildman–Crippen LogP) is 4.86. The van der Waals surface area contributed by atoms with E-state index in [0.29, 0.717) is 6.04 Å². The summed E-state index contributed by atoms with van der Waals surface area (Å²) in [5, 5.41) is 6.25. The molecule has 1 aromatic heterocycles. The summed E-state index contributed by atoms with van der Waals surface area (Å²) < 4.78 is 0. The highest BCUT2D eigenvalue weighted by Gasteiger charge is 2.14. The van der Waals surface area contributed by atoms with Crippen LogP contribution in [0.5, 0.6) is 0 Å². The molecule has 20 heavy (non-hydrogen) atoms. The Bertz CT molecular complexity index is 516. The number of nitrogens with zero attached hydrogens (tertiary/aromatic N) is 1. The van der Waals surface area contributed by atoms with Gasteiger partial charge in [-0.05, 0) is 30.8 Å². The number of aromatic nitrogens is 1. The Balaban J connectivity index is 2.24. The number of unbranched alkanes of at least 4 members (excludes halogenated alkanes) is 2. The van der Waals surface area contributed by atoms with Crippen molar-refractivity contribution in [1.82, 2.24) is 10.3 Å². The van der Waals surface area contributed by atoms with Crippen molar-refractivity contribution < 1.29 is 0 Å². The normalized spacial score (nSPS) is 12.7. The third kappa shape index (κ3) is 3.80. The van der Waals surface area contributed by atoms with Gasteiger partial charge in [-0.3, -0.25) is 4.98 Å². The van der Waals surface area contributed by atoms with Gasteiger partial charge in [-0.2, -0.15) is 0 Å². The summed E-state index contributed by atoms with van der Waals surface area (Å²) in [4.78, 5) is 4.68. The van der Waals surface area contributed by atoms with Crippen LogP contribution >= 0.6 is 0 Å². The average molecular weight is 270 g/mol. The highest BCUT2D eigenvalue weighted by molar-refractivity contribution is 5.84. The summed E-state index contributed by atoms with van der Waals surface area (Å²) >= 11 is 0. The minimum atomic E-state index is 0.382. The van der Waals surface area contributed by atoms with E-state index in [9.17, 15) is 0 Å². The lowest BCUT2D eigenvalue weighted by atomic mass is 10.00. The van der Waals surface area contributed by atoms with Crippen molar-refractivity contribution in [3.8, 4) is 0 Å². The molecule has 1 unspecified atom stereocenters. The molecule has 1 atom stereocenters. The van der Waals surface area contributed by atoms with Gasteiger partial charge in [0.2, 0.25) is 0 Å². The predicted molar refractivity (Wildman–Crippen MR) is 86.9 cm³/mol. The smallest absolute Gasteiger partial charge is 0.0651 e. The molecule has 0 amide bonds. The van der Waals surface area contributed by atoms with Crippen LogP contribution in [0.4, 0.5) is 0 Å². The van der Waals surface area contributed by atoms with Gasteiger partial charge >= 0.3 is 0 Å². The first kappa shape index (κ1) is 15.0. The van der Waals surface area contributed by atoms with E-state index in [1.165, 1.54) is 42.1 Å². The monoisotopic (exact) mass is 270 g/mol. The fraction of sp³-hybridized carbons (Fsp3) is 0.500. The molecule has 0 saturated carbocycles. The minimum Gasteiger partial charge on any atom is -0.309 e. The molecule has 2 rings (SSSR count). The molecular weight excluding hydrogens is 244 g/mol. The van der Waals surface area contributed by atoms with Crippen molar-refractivity contribution in [2.24, 2.45) is 0 Å². The van der Waals surface area contributed by atoms with Crippen molar-refractivity contribution in [3.05, 3.63) is 42.2 Å². The van der Waals surface area contributed by atoms with Gasteiger partial charge in [0, 0.05) is 11.6 Å². The lowest BCUT2D eigenvalue weighted by Gasteiger charge is -2.19. The quantitative estimate of drug-likeness (QED) is 0.693. The van der Waals surface area contributed by atoms with Crippen LogP contribution in [0.3, 0.4) is 0 Å². The van der Waals surface area contributed by atoms with Gasteiger partial charge in [-0.15, -0.1) is 0 Å². The van der Waals surface area contributed by atoms with Crippen molar-refractivity contribution in [2.45, 2.75) is 52.0 Å². The second-order valence-electron chi connectivity index (χ2n) is 5.42. The topological polar surface area (TPSA) is 24.9 Å². The molecule has 2 heteroatoms. The summed E-state index contributed by atoms with van der Waals surface area (Å²) in [6, 6.07) is 11.0. The van der Waals surface area contributed by atoms with E-state index < -0.39 is 0 Å². The maximum absolute atomic E-state index is 4.68. The second-order valence-corrected chi connectivity index (χ2v) is 5.42. The zero-order valence-corrected chi connectivity index (χ0v) is 12.7. The minimum absolute atomic E-state index is 0.382. The third-order valence-electron chi connectivity index (χ3n) is 3.77. The number of benzene rings is 1. The molecule has 0 aliphatic carbocycles. The van der Waals surface area contributed by atoms with E-state index in [-0.39, 0.29) is 0 Å². The van der Waals surface area contributed by atoms with Crippen molar-refractivity contribution in [3.63, 3.8) is 0 Å². The number of nitrogens with one attached hydrogen (secondary N) is 1. The highest BCUT2D eigenvalue weighted by atomic mass is 14.9. The van der Waals surface area contributed by atoms with Crippen LogP contribution in [-0.4, -0.2) is 11.5 Å². The number of hydrogen-bond donors (Lipinski definition) is 1. The molecule has 0 aliphatic heterocycles. The first-order valence-electron chi connectivity index (χ1n) is 7.93. The maximum Gasteiger partial charge on any atom is 0.0651 e. The van der Waals surface area contributed by atoms with Gasteiger partial charge in [-0.25, -0.2) is 0 Å². The second kappa shape index (κ2) is 8.01. The molecule has 0 bridgehead atoms. The van der Waals surface area contributed by atoms with Crippen LogP contribution in [0.15, 0.2) is 36.5 Å². The summed E-state index contributed by atoms with van der Waals surface area (Å²) in [5.41, 5.74) is 1.22. The molecule has 108 valence electrons. The molecule has 0 spiro atoms. The Morgan fingerprint density at radius 2 is 1.90 bits per heavy atom. The van der Waals surface area contributed by atoms with Crippen molar-refractivity contribution in [2.75, 3.05) is 6.54 Å². The Morgan fingerprint density at radius 3 is 2.70 bits per heavy atom. The molecule has 2 aromatic rings. The van der Waals surface area contributed by atoms with E-state index >= 15 is 0 Å². The van der Waals surface area contributed by atoms with Gasteiger partial charge < -0.3 is 5.32 Å². The third-order valence-corrected chi connectivity index (χ3v) is 3.77. The van der Waals surface area contributed by atoms with Crippen molar-refractivity contribution in [1.29, 1.82) is 0 Å². The molecule has 1 N–H and O–H groups in total. The van der Waals surface area contributed by atoms with E-state index in [1.807, 2.05) is 6.20 Å². The van der Waals surface area contributed by atoms with Gasteiger partial charge in [0.05, 0.1) is 11.7 Å². The zero-order valence-electron chi connectivity index (χ0n) is 12.7. The molecule has 2 nitrogen and oxygen atoms in total. The average Bonchev–Trinajstić information content (AvgIpc) is 2.50. The summed E-state index contributed by atoms with van der Waals surface area (Å²) in [6.07, 6.45) is 8.11. The Labute approximate surface area is 122 Å². The van der Waals surface area contributed by atoms with Crippen LogP contribution in [0.25, 0.3) is 10.8 Å². The van der Waals surface area contributed by atoms with E-state index in [2.05, 4.69) is 54.5 Å². The van der Waals surface area contributed by atoms with E-state index in [1.54, 1.807) is 0 Å². The van der Waals surface area contributed by atoms with Gasteiger partial charge in [-0.1, -0.05) is 57.4 Å². The Morgan fingerprint density at radius 1 is 1.05 bits per heavy atom. The molecule has 1 heterocycles. The number of rotatable bonds is 8. The van der Waals surface area contributed by atoms with E-state index in [0.717, 1.165) is 13.0 Å². The molecule has 0 fully saturated rings. The Kier molecular flexibility index (Phi) is 6.00. The van der Waals surface area contributed by atoms with Crippen LogP contribution in [-0.2, 0) is 0 Å². The highest BCUT2D eigenvalue weighted by Crippen LogP contribution is 2.25. The van der Waals surface area contributed by atoms with Crippen molar-refractivity contribution >= 4 is 10.8 Å². The van der Waals surface area contributed by atoms with Gasteiger partial charge in [0.1, 0.15) is 0 Å². The van der Waals surface area contributed by atoms with E-state index in [4.69, 9.17) is 0 Å². The number of fused-ring (bicyclic) bond motifs is 1. The fourth-order valence-electron chi connectivity index (χ4n) is 2.67. The fourth-order valence-corrected chi connectivity index (χ4v) is 2.67. The van der Waals surface area contributed by atoms with Crippen LogP contribution < -0.4 is 5.32 Å². The van der Waals surface area contributed by atoms with Gasteiger partial charge in [0.15, 0.2) is 0 Å². The molecule has 0 aliphatic rings. The van der Waals surface area contributed by atoms with Crippen LogP contribution in [0.2, 0.25) is 0 Å².